The van der Waals surface area contributed by atoms with Gasteiger partial charge in [0.05, 0.1) is 11.8 Å². The number of para-hydroxylation sites is 1. The maximum absolute atomic E-state index is 11.2. The number of carbonyl (C=O) groups is 1. The lowest BCUT2D eigenvalue weighted by Gasteiger charge is -2.08. The van der Waals surface area contributed by atoms with Gasteiger partial charge in [-0.15, -0.1) is 0 Å². The highest BCUT2D eigenvalue weighted by Gasteiger charge is 2.09. The molecule has 0 bridgehead atoms. The molecule has 0 aliphatic carbocycles. The second-order valence-electron chi connectivity index (χ2n) is 3.28. The van der Waals surface area contributed by atoms with Crippen LogP contribution >= 0.6 is 11.6 Å². The van der Waals surface area contributed by atoms with Gasteiger partial charge in [0.15, 0.2) is 0 Å². The summed E-state index contributed by atoms with van der Waals surface area (Å²) >= 11 is 5.66. The van der Waals surface area contributed by atoms with Crippen molar-refractivity contribution in [3.63, 3.8) is 0 Å². The number of rotatable bonds is 3. The number of nitrogens with two attached hydrogens (primary N) is 1. The summed E-state index contributed by atoms with van der Waals surface area (Å²) in [6, 6.07) is 9.99. The van der Waals surface area contributed by atoms with Crippen LogP contribution in [-0.2, 0) is 0 Å². The average molecular weight is 249 g/mol. The Morgan fingerprint density at radius 3 is 2.65 bits per heavy atom. The first-order chi connectivity index (χ1) is 8.16. The van der Waals surface area contributed by atoms with E-state index in [1.807, 2.05) is 0 Å². The maximum atomic E-state index is 11.2. The quantitative estimate of drug-likeness (QED) is 0.849. The Labute approximate surface area is 103 Å². The summed E-state index contributed by atoms with van der Waals surface area (Å²) in [5.74, 6) is 0.342. The van der Waals surface area contributed by atoms with Gasteiger partial charge in [-0.1, -0.05) is 23.7 Å². The van der Waals surface area contributed by atoms with Crippen LogP contribution in [0.3, 0.4) is 0 Å². The number of ether oxygens (including phenoxy) is 1. The number of hydrogen-bond donors (Lipinski definition) is 1. The van der Waals surface area contributed by atoms with E-state index in [4.69, 9.17) is 22.1 Å². The largest absolute Gasteiger partial charge is 0.455 e. The Morgan fingerprint density at radius 1 is 1.24 bits per heavy atom. The van der Waals surface area contributed by atoms with Crippen molar-refractivity contribution in [2.45, 2.75) is 0 Å². The monoisotopic (exact) mass is 248 g/mol. The van der Waals surface area contributed by atoms with Gasteiger partial charge >= 0.3 is 0 Å². The van der Waals surface area contributed by atoms with E-state index < -0.39 is 5.91 Å². The predicted octanol–water partition coefficient (Wildman–Crippen LogP) is 2.63. The molecule has 0 spiro atoms. The highest BCUT2D eigenvalue weighted by molar-refractivity contribution is 6.29. The molecule has 0 aliphatic heterocycles. The van der Waals surface area contributed by atoms with Crippen molar-refractivity contribution in [2.24, 2.45) is 5.73 Å². The number of hydrogen-bond acceptors (Lipinski definition) is 3. The molecule has 0 radical (unpaired) electrons. The SMILES string of the molecule is NC(=O)c1ccccc1Oc1ccc(Cl)nc1. The number of primary amides is 1. The van der Waals surface area contributed by atoms with Gasteiger partial charge in [-0.05, 0) is 24.3 Å². The lowest BCUT2D eigenvalue weighted by atomic mass is 10.2. The molecule has 4 nitrogen and oxygen atoms in total. The minimum absolute atomic E-state index is 0.322. The van der Waals surface area contributed by atoms with Crippen LogP contribution in [0.4, 0.5) is 0 Å². The Kier molecular flexibility index (Phi) is 3.25. The van der Waals surface area contributed by atoms with Crippen LogP contribution in [0.2, 0.25) is 5.15 Å². The fourth-order valence-electron chi connectivity index (χ4n) is 1.31. The zero-order chi connectivity index (χ0) is 12.3. The molecule has 86 valence electrons. The molecule has 17 heavy (non-hydrogen) atoms. The molecule has 1 aromatic carbocycles. The van der Waals surface area contributed by atoms with Crippen LogP contribution in [-0.4, -0.2) is 10.9 Å². The fourth-order valence-corrected chi connectivity index (χ4v) is 1.42. The van der Waals surface area contributed by atoms with E-state index in [1.165, 1.54) is 6.20 Å². The van der Waals surface area contributed by atoms with Crippen molar-refractivity contribution in [3.8, 4) is 11.5 Å². The molecule has 2 N–H and O–H groups in total. The first-order valence-corrected chi connectivity index (χ1v) is 5.23. The van der Waals surface area contributed by atoms with E-state index in [0.29, 0.717) is 22.2 Å². The molecule has 1 amide bonds. The molecule has 0 atom stereocenters. The number of pyridine rings is 1. The van der Waals surface area contributed by atoms with E-state index in [0.717, 1.165) is 0 Å². The third kappa shape index (κ3) is 2.73. The highest BCUT2D eigenvalue weighted by atomic mass is 35.5. The summed E-state index contributed by atoms with van der Waals surface area (Å²) < 4.78 is 5.50. The van der Waals surface area contributed by atoms with Crippen LogP contribution in [0.1, 0.15) is 10.4 Å². The molecule has 0 unspecified atom stereocenters. The highest BCUT2D eigenvalue weighted by Crippen LogP contribution is 2.24. The zero-order valence-electron chi connectivity index (χ0n) is 8.76. The van der Waals surface area contributed by atoms with Crippen LogP contribution in [0.15, 0.2) is 42.6 Å². The summed E-state index contributed by atoms with van der Waals surface area (Å²) in [5.41, 5.74) is 5.56. The summed E-state index contributed by atoms with van der Waals surface area (Å²) in [4.78, 5) is 15.0. The Morgan fingerprint density at radius 2 is 2.00 bits per heavy atom. The molecule has 2 rings (SSSR count). The van der Waals surface area contributed by atoms with Crippen molar-refractivity contribution in [2.75, 3.05) is 0 Å². The number of halogens is 1. The third-order valence-corrected chi connectivity index (χ3v) is 2.30. The summed E-state index contributed by atoms with van der Waals surface area (Å²) in [6.07, 6.45) is 1.47. The van der Waals surface area contributed by atoms with E-state index in [9.17, 15) is 4.79 Å². The maximum Gasteiger partial charge on any atom is 0.252 e. The van der Waals surface area contributed by atoms with Gasteiger partial charge in [0.25, 0.3) is 5.91 Å². The van der Waals surface area contributed by atoms with Gasteiger partial charge in [0.2, 0.25) is 0 Å². The number of benzene rings is 1. The Balaban J connectivity index is 2.30. The fraction of sp³-hybridized carbons (Fsp3) is 0. The molecule has 0 saturated heterocycles. The second kappa shape index (κ2) is 4.84. The molecule has 0 aliphatic rings. The first kappa shape index (κ1) is 11.4. The lowest BCUT2D eigenvalue weighted by molar-refractivity contribution is 0.0998. The lowest BCUT2D eigenvalue weighted by Crippen LogP contribution is -2.11. The molecular formula is C12H9ClN2O2. The second-order valence-corrected chi connectivity index (χ2v) is 3.67. The van der Waals surface area contributed by atoms with Crippen molar-refractivity contribution >= 4 is 17.5 Å². The molecule has 5 heteroatoms. The average Bonchev–Trinajstić information content (AvgIpc) is 2.32. The number of amides is 1. The molecule has 0 fully saturated rings. The molecule has 0 saturated carbocycles. The van der Waals surface area contributed by atoms with E-state index in [2.05, 4.69) is 4.98 Å². The van der Waals surface area contributed by atoms with Crippen LogP contribution in [0.5, 0.6) is 11.5 Å². The van der Waals surface area contributed by atoms with Gasteiger partial charge in [-0.3, -0.25) is 4.79 Å². The standard InChI is InChI=1S/C12H9ClN2O2/c13-11-6-5-8(7-15-11)17-10-4-2-1-3-9(10)12(14)16/h1-7H,(H2,14,16). The van der Waals surface area contributed by atoms with Crippen molar-refractivity contribution < 1.29 is 9.53 Å². The smallest absolute Gasteiger partial charge is 0.252 e. The van der Waals surface area contributed by atoms with E-state index >= 15 is 0 Å². The molecule has 2 aromatic rings. The summed E-state index contributed by atoms with van der Waals surface area (Å²) in [5, 5.41) is 0.375. The number of nitrogens with zero attached hydrogens (tertiary/aromatic N) is 1. The summed E-state index contributed by atoms with van der Waals surface area (Å²) in [7, 11) is 0. The van der Waals surface area contributed by atoms with Gasteiger partial charge in [0, 0.05) is 0 Å². The number of carbonyl (C=O) groups excluding carboxylic acids is 1. The van der Waals surface area contributed by atoms with Gasteiger partial charge in [0.1, 0.15) is 16.7 Å². The van der Waals surface area contributed by atoms with Gasteiger partial charge in [-0.25, -0.2) is 4.98 Å². The third-order valence-electron chi connectivity index (χ3n) is 2.08. The van der Waals surface area contributed by atoms with E-state index in [-0.39, 0.29) is 0 Å². The minimum atomic E-state index is -0.539. The van der Waals surface area contributed by atoms with Crippen LogP contribution in [0.25, 0.3) is 0 Å². The predicted molar refractivity (Wildman–Crippen MR) is 64.3 cm³/mol. The first-order valence-electron chi connectivity index (χ1n) is 4.85. The topological polar surface area (TPSA) is 65.2 Å². The van der Waals surface area contributed by atoms with Crippen molar-refractivity contribution in [1.82, 2.24) is 4.98 Å². The molecule has 1 heterocycles. The zero-order valence-corrected chi connectivity index (χ0v) is 9.52. The molecule has 1 aromatic heterocycles. The summed E-state index contributed by atoms with van der Waals surface area (Å²) in [6.45, 7) is 0. The minimum Gasteiger partial charge on any atom is -0.455 e. The van der Waals surface area contributed by atoms with Crippen molar-refractivity contribution in [3.05, 3.63) is 53.3 Å². The number of aromatic nitrogens is 1. The van der Waals surface area contributed by atoms with Crippen molar-refractivity contribution in [1.29, 1.82) is 0 Å². The van der Waals surface area contributed by atoms with E-state index in [1.54, 1.807) is 36.4 Å². The Bertz CT molecular complexity index is 540. The van der Waals surface area contributed by atoms with Gasteiger partial charge < -0.3 is 10.5 Å². The Hall–Kier alpha value is -2.07. The molecular weight excluding hydrogens is 240 g/mol. The van der Waals surface area contributed by atoms with Crippen LogP contribution < -0.4 is 10.5 Å². The van der Waals surface area contributed by atoms with Crippen LogP contribution in [0, 0.1) is 0 Å². The normalized spacial score (nSPS) is 9.94. The van der Waals surface area contributed by atoms with Gasteiger partial charge in [-0.2, -0.15) is 0 Å².